The maximum atomic E-state index is 13.9. The zero-order valence-electron chi connectivity index (χ0n) is 17.7. The molecule has 4 aromatic rings. The second kappa shape index (κ2) is 9.31. The van der Waals surface area contributed by atoms with Crippen LogP contribution in [0.4, 0.5) is 22.6 Å². The molecule has 0 aliphatic heterocycles. The molecule has 34 heavy (non-hydrogen) atoms. The van der Waals surface area contributed by atoms with E-state index in [1.54, 1.807) is 12.1 Å². The lowest BCUT2D eigenvalue weighted by molar-refractivity contribution is -0.140. The molecule has 0 unspecified atom stereocenters. The van der Waals surface area contributed by atoms with Gasteiger partial charge in [-0.2, -0.15) is 13.2 Å². The van der Waals surface area contributed by atoms with Crippen molar-refractivity contribution in [3.63, 3.8) is 0 Å². The second-order valence-electron chi connectivity index (χ2n) is 7.51. The number of rotatable bonds is 6. The summed E-state index contributed by atoms with van der Waals surface area (Å²) in [6.45, 7) is 1.50. The summed E-state index contributed by atoms with van der Waals surface area (Å²) >= 11 is 4.53. The number of benzene rings is 3. The molecule has 3 nitrogen and oxygen atoms in total. The van der Waals surface area contributed by atoms with Crippen molar-refractivity contribution in [3.05, 3.63) is 93.7 Å². The largest absolute Gasteiger partial charge is 0.419 e. The van der Waals surface area contributed by atoms with Gasteiger partial charge in [-0.25, -0.2) is 12.8 Å². The number of thiophene rings is 1. The van der Waals surface area contributed by atoms with Crippen molar-refractivity contribution < 1.29 is 26.0 Å². The Kier molecular flexibility index (Phi) is 6.76. The van der Waals surface area contributed by atoms with E-state index in [0.29, 0.717) is 28.0 Å². The Hall–Kier alpha value is -2.43. The highest BCUT2D eigenvalue weighted by Gasteiger charge is 2.35. The quantitative estimate of drug-likeness (QED) is 0.221. The Bertz CT molecular complexity index is 1450. The van der Waals surface area contributed by atoms with Gasteiger partial charge in [0.1, 0.15) is 10.8 Å². The van der Waals surface area contributed by atoms with E-state index >= 15 is 0 Å². The van der Waals surface area contributed by atoms with Crippen molar-refractivity contribution in [1.82, 2.24) is 0 Å². The van der Waals surface area contributed by atoms with Crippen LogP contribution in [0, 0.1) is 5.82 Å². The summed E-state index contributed by atoms with van der Waals surface area (Å²) in [5.74, 6) is -1.41. The highest BCUT2D eigenvalue weighted by molar-refractivity contribution is 9.10. The van der Waals surface area contributed by atoms with Gasteiger partial charge in [0.25, 0.3) is 10.0 Å². The Balaban J connectivity index is 1.91. The molecule has 0 amide bonds. The second-order valence-corrected chi connectivity index (χ2v) is 11.3. The normalized spacial score (nSPS) is 12.3. The molecule has 0 aliphatic rings. The minimum Gasteiger partial charge on any atom is -0.252 e. The summed E-state index contributed by atoms with van der Waals surface area (Å²) in [4.78, 5) is -0.00614. The minimum absolute atomic E-state index is 0.00614. The van der Waals surface area contributed by atoms with Gasteiger partial charge in [-0.05, 0) is 65.4 Å². The summed E-state index contributed by atoms with van der Waals surface area (Å²) in [5, 5.41) is 1.31. The molecule has 3 aromatic carbocycles. The first kappa shape index (κ1) is 24.7. The standard InChI is InChI=1S/C24H18BrF4NO2S2/c1-2-18-19-5-3-4-6-22(19)33-23(18)30(34(31,32)17-10-8-16(25)9-11-17)14-15-7-12-21(26)20(13-15)24(27,28)29/h3-13H,2,14H2,1H3. The number of alkyl halides is 3. The van der Waals surface area contributed by atoms with E-state index in [1.807, 2.05) is 31.2 Å². The number of anilines is 1. The van der Waals surface area contributed by atoms with Crippen LogP contribution in [0.2, 0.25) is 0 Å². The lowest BCUT2D eigenvalue weighted by Gasteiger charge is -2.25. The van der Waals surface area contributed by atoms with Crippen molar-refractivity contribution in [2.24, 2.45) is 0 Å². The Morgan fingerprint density at radius 2 is 1.68 bits per heavy atom. The van der Waals surface area contributed by atoms with Crippen LogP contribution in [0.15, 0.2) is 76.1 Å². The van der Waals surface area contributed by atoms with Gasteiger partial charge in [0, 0.05) is 9.17 Å². The van der Waals surface area contributed by atoms with E-state index in [1.165, 1.54) is 29.5 Å². The number of halogens is 5. The lowest BCUT2D eigenvalue weighted by atomic mass is 10.1. The smallest absolute Gasteiger partial charge is 0.252 e. The third-order valence-corrected chi connectivity index (χ3v) is 8.96. The van der Waals surface area contributed by atoms with Gasteiger partial charge in [-0.3, -0.25) is 4.31 Å². The highest BCUT2D eigenvalue weighted by atomic mass is 79.9. The Morgan fingerprint density at radius 3 is 2.32 bits per heavy atom. The fourth-order valence-corrected chi connectivity index (χ4v) is 6.94. The van der Waals surface area contributed by atoms with E-state index in [-0.39, 0.29) is 17.0 Å². The maximum absolute atomic E-state index is 13.9. The predicted molar refractivity (Wildman–Crippen MR) is 130 cm³/mol. The first-order valence-corrected chi connectivity index (χ1v) is 13.2. The first-order chi connectivity index (χ1) is 16.0. The molecule has 0 aliphatic carbocycles. The zero-order chi connectivity index (χ0) is 24.7. The van der Waals surface area contributed by atoms with Gasteiger partial charge in [0.05, 0.1) is 17.0 Å². The van der Waals surface area contributed by atoms with E-state index in [9.17, 15) is 26.0 Å². The van der Waals surface area contributed by atoms with E-state index in [0.717, 1.165) is 20.0 Å². The number of fused-ring (bicyclic) bond motifs is 1. The van der Waals surface area contributed by atoms with Gasteiger partial charge in [0.2, 0.25) is 0 Å². The van der Waals surface area contributed by atoms with Crippen molar-refractivity contribution >= 4 is 52.4 Å². The van der Waals surface area contributed by atoms with Crippen LogP contribution in [0.1, 0.15) is 23.6 Å². The van der Waals surface area contributed by atoms with Gasteiger partial charge in [0.15, 0.2) is 0 Å². The molecular formula is C24H18BrF4NO2S2. The fraction of sp³-hybridized carbons (Fsp3) is 0.167. The number of hydrogen-bond acceptors (Lipinski definition) is 3. The molecule has 4 rings (SSSR count). The van der Waals surface area contributed by atoms with Crippen LogP contribution >= 0.6 is 27.3 Å². The molecule has 0 saturated carbocycles. The average molecular weight is 572 g/mol. The molecule has 0 spiro atoms. The molecule has 0 atom stereocenters. The van der Waals surface area contributed by atoms with Crippen molar-refractivity contribution in [2.75, 3.05) is 4.31 Å². The summed E-state index contributed by atoms with van der Waals surface area (Å²) < 4.78 is 84.0. The van der Waals surface area contributed by atoms with E-state index < -0.39 is 27.6 Å². The number of aryl methyl sites for hydroxylation is 1. The minimum atomic E-state index is -4.90. The van der Waals surface area contributed by atoms with Crippen molar-refractivity contribution in [2.45, 2.75) is 31.0 Å². The topological polar surface area (TPSA) is 37.4 Å². The van der Waals surface area contributed by atoms with Crippen LogP contribution in [-0.2, 0) is 29.2 Å². The monoisotopic (exact) mass is 571 g/mol. The van der Waals surface area contributed by atoms with E-state index in [2.05, 4.69) is 15.9 Å². The molecule has 0 bridgehead atoms. The Labute approximate surface area is 206 Å². The molecular weight excluding hydrogens is 554 g/mol. The fourth-order valence-electron chi connectivity index (χ4n) is 3.68. The molecule has 0 saturated heterocycles. The van der Waals surface area contributed by atoms with E-state index in [4.69, 9.17) is 0 Å². The molecule has 178 valence electrons. The summed E-state index contributed by atoms with van der Waals surface area (Å²) in [5.41, 5.74) is -0.633. The van der Waals surface area contributed by atoms with Crippen molar-refractivity contribution in [1.29, 1.82) is 0 Å². The predicted octanol–water partition coefficient (Wildman–Crippen LogP) is 7.78. The van der Waals surface area contributed by atoms with Crippen LogP contribution < -0.4 is 4.31 Å². The van der Waals surface area contributed by atoms with Crippen LogP contribution in [-0.4, -0.2) is 8.42 Å². The number of nitrogens with zero attached hydrogens (tertiary/aromatic N) is 1. The molecule has 10 heteroatoms. The summed E-state index contributed by atoms with van der Waals surface area (Å²) in [6.07, 6.45) is -4.38. The van der Waals surface area contributed by atoms with Gasteiger partial charge in [-0.1, -0.05) is 47.1 Å². The maximum Gasteiger partial charge on any atom is 0.419 e. The van der Waals surface area contributed by atoms with Crippen LogP contribution in [0.5, 0.6) is 0 Å². The first-order valence-electron chi connectivity index (χ1n) is 10.2. The molecule has 0 fully saturated rings. The Morgan fingerprint density at radius 1 is 1.00 bits per heavy atom. The lowest BCUT2D eigenvalue weighted by Crippen LogP contribution is -2.30. The summed E-state index contributed by atoms with van der Waals surface area (Å²) in [6, 6.07) is 16.0. The number of sulfonamides is 1. The average Bonchev–Trinajstić information content (AvgIpc) is 3.16. The SMILES string of the molecule is CCc1c(N(Cc2ccc(F)c(C(F)(F)F)c2)S(=O)(=O)c2ccc(Br)cc2)sc2ccccc12. The van der Waals surface area contributed by atoms with Crippen LogP contribution in [0.25, 0.3) is 10.1 Å². The molecule has 0 N–H and O–H groups in total. The van der Waals surface area contributed by atoms with Crippen LogP contribution in [0.3, 0.4) is 0 Å². The third-order valence-electron chi connectivity index (χ3n) is 5.32. The third kappa shape index (κ3) is 4.71. The molecule has 0 radical (unpaired) electrons. The van der Waals surface area contributed by atoms with Gasteiger partial charge >= 0.3 is 6.18 Å². The van der Waals surface area contributed by atoms with Crippen molar-refractivity contribution in [3.8, 4) is 0 Å². The number of hydrogen-bond donors (Lipinski definition) is 0. The molecule has 1 aromatic heterocycles. The zero-order valence-corrected chi connectivity index (χ0v) is 21.0. The highest BCUT2D eigenvalue weighted by Crippen LogP contribution is 2.42. The van der Waals surface area contributed by atoms with Gasteiger partial charge < -0.3 is 0 Å². The summed E-state index contributed by atoms with van der Waals surface area (Å²) in [7, 11) is -4.16. The van der Waals surface area contributed by atoms with Gasteiger partial charge in [-0.15, -0.1) is 11.3 Å². The molecule has 1 heterocycles.